The molecule has 3 N–H and O–H groups in total. The molecule has 0 aliphatic rings. The van der Waals surface area contributed by atoms with E-state index in [0.717, 1.165) is 29.8 Å². The largest absolute Gasteiger partial charge is 0.417 e. The van der Waals surface area contributed by atoms with Gasteiger partial charge in [0, 0.05) is 18.1 Å². The van der Waals surface area contributed by atoms with Crippen LogP contribution in [0.25, 0.3) is 11.3 Å². The summed E-state index contributed by atoms with van der Waals surface area (Å²) in [5.41, 5.74) is -0.740. The number of nitrogens with zero attached hydrogens (tertiary/aromatic N) is 4. The van der Waals surface area contributed by atoms with Crippen LogP contribution >= 0.6 is 22.9 Å². The van der Waals surface area contributed by atoms with Crippen molar-refractivity contribution in [3.63, 3.8) is 0 Å². The molecule has 0 aliphatic heterocycles. The Balaban J connectivity index is 1.39. The van der Waals surface area contributed by atoms with Gasteiger partial charge in [0.2, 0.25) is 5.95 Å². The smallest absolute Gasteiger partial charge is 0.369 e. The number of nitrogens with one attached hydrogen (secondary N) is 2. The number of pyridine rings is 1. The van der Waals surface area contributed by atoms with Gasteiger partial charge in [-0.3, -0.25) is 4.79 Å². The van der Waals surface area contributed by atoms with Crippen molar-refractivity contribution < 1.29 is 27.5 Å². The number of carbonyl (C=O) groups is 1. The molecule has 0 spiro atoms. The Morgan fingerprint density at radius 1 is 1.14 bits per heavy atom. The van der Waals surface area contributed by atoms with Crippen molar-refractivity contribution in [2.75, 3.05) is 5.32 Å². The van der Waals surface area contributed by atoms with E-state index in [-0.39, 0.29) is 29.2 Å². The molecule has 1 amide bonds. The number of halogens is 5. The number of carbonyl (C=O) groups excluding carboxylic acids is 1. The molecule has 36 heavy (non-hydrogen) atoms. The molecule has 0 fully saturated rings. The van der Waals surface area contributed by atoms with E-state index in [1.54, 1.807) is 0 Å². The van der Waals surface area contributed by atoms with Crippen LogP contribution in [0.3, 0.4) is 0 Å². The van der Waals surface area contributed by atoms with Crippen LogP contribution in [0.1, 0.15) is 32.2 Å². The van der Waals surface area contributed by atoms with E-state index in [0.29, 0.717) is 9.88 Å². The van der Waals surface area contributed by atoms with Crippen molar-refractivity contribution in [3.8, 4) is 11.3 Å². The van der Waals surface area contributed by atoms with Gasteiger partial charge in [-0.15, -0.1) is 11.3 Å². The zero-order valence-corrected chi connectivity index (χ0v) is 19.5. The number of aliphatic hydroxyl groups excluding tert-OH is 1. The average molecular weight is 539 g/mol. The second-order valence-corrected chi connectivity index (χ2v) is 8.76. The highest BCUT2D eigenvalue weighted by Gasteiger charge is 2.33. The van der Waals surface area contributed by atoms with Crippen molar-refractivity contribution in [2.24, 2.45) is 0 Å². The number of aromatic nitrogens is 4. The minimum atomic E-state index is -4.65. The van der Waals surface area contributed by atoms with Crippen LogP contribution in [0.5, 0.6) is 0 Å². The highest BCUT2D eigenvalue weighted by molar-refractivity contribution is 7.11. The summed E-state index contributed by atoms with van der Waals surface area (Å²) in [5, 5.41) is 15.5. The predicted molar refractivity (Wildman–Crippen MR) is 124 cm³/mol. The molecule has 8 nitrogen and oxygen atoms in total. The summed E-state index contributed by atoms with van der Waals surface area (Å²) in [6, 6.07) is 7.49. The fraction of sp³-hybridized carbons (Fsp3) is 0.136. The predicted octanol–water partition coefficient (Wildman–Crippen LogP) is 4.84. The lowest BCUT2D eigenvalue weighted by molar-refractivity contribution is -0.137. The first-order chi connectivity index (χ1) is 17.1. The van der Waals surface area contributed by atoms with Crippen molar-refractivity contribution in [1.29, 1.82) is 0 Å². The number of hydrogen-bond donors (Lipinski definition) is 3. The summed E-state index contributed by atoms with van der Waals surface area (Å²) in [5.74, 6) is -1.31. The number of anilines is 1. The summed E-state index contributed by atoms with van der Waals surface area (Å²) in [6.45, 7) is -0.0179. The van der Waals surface area contributed by atoms with E-state index in [9.17, 15) is 27.5 Å². The van der Waals surface area contributed by atoms with Gasteiger partial charge < -0.3 is 15.7 Å². The Labute approximate surface area is 210 Å². The minimum Gasteiger partial charge on any atom is -0.369 e. The number of benzene rings is 1. The topological polar surface area (TPSA) is 113 Å². The average Bonchev–Trinajstić information content (AvgIpc) is 3.33. The standard InChI is InChI=1S/C22H15ClF4N6O2S/c23-14-4-3-11(6-13(14)22(25,26)27)33-21(35)17-8-29-18(36-17)9-30-20(34)16-7-15(31-10-32-16)12-2-1-5-28-19(12)24/h1-8,10,21,33,35H,9H2,(H,30,34). The summed E-state index contributed by atoms with van der Waals surface area (Å²) in [4.78, 5) is 28.3. The highest BCUT2D eigenvalue weighted by Crippen LogP contribution is 2.37. The van der Waals surface area contributed by atoms with E-state index < -0.39 is 34.8 Å². The third-order valence-electron chi connectivity index (χ3n) is 4.75. The van der Waals surface area contributed by atoms with Gasteiger partial charge in [0.15, 0.2) is 6.23 Å². The minimum absolute atomic E-state index is 0.00657. The highest BCUT2D eigenvalue weighted by atomic mass is 35.5. The molecule has 0 saturated carbocycles. The van der Waals surface area contributed by atoms with Gasteiger partial charge >= 0.3 is 6.18 Å². The third kappa shape index (κ3) is 5.93. The van der Waals surface area contributed by atoms with Gasteiger partial charge in [-0.05, 0) is 36.4 Å². The monoisotopic (exact) mass is 538 g/mol. The molecule has 1 unspecified atom stereocenters. The summed E-state index contributed by atoms with van der Waals surface area (Å²) < 4.78 is 53.1. The maximum absolute atomic E-state index is 13.9. The lowest BCUT2D eigenvalue weighted by atomic mass is 10.2. The first kappa shape index (κ1) is 25.4. The molecule has 186 valence electrons. The lowest BCUT2D eigenvalue weighted by Gasteiger charge is -2.15. The van der Waals surface area contributed by atoms with E-state index >= 15 is 0 Å². The molecule has 0 radical (unpaired) electrons. The van der Waals surface area contributed by atoms with Gasteiger partial charge in [0.25, 0.3) is 5.91 Å². The Morgan fingerprint density at radius 2 is 1.94 bits per heavy atom. The fourth-order valence-corrected chi connectivity index (χ4v) is 4.07. The maximum Gasteiger partial charge on any atom is 0.417 e. The van der Waals surface area contributed by atoms with Crippen molar-refractivity contribution in [3.05, 3.63) is 87.2 Å². The maximum atomic E-state index is 13.9. The Bertz CT molecular complexity index is 1400. The van der Waals surface area contributed by atoms with Gasteiger partial charge in [-0.2, -0.15) is 17.6 Å². The third-order valence-corrected chi connectivity index (χ3v) is 6.13. The van der Waals surface area contributed by atoms with Crippen LogP contribution in [0.15, 0.2) is 55.1 Å². The second kappa shape index (κ2) is 10.5. The molecular weight excluding hydrogens is 524 g/mol. The van der Waals surface area contributed by atoms with Crippen LogP contribution in [0, 0.1) is 5.95 Å². The van der Waals surface area contributed by atoms with Crippen molar-refractivity contribution in [1.82, 2.24) is 25.3 Å². The summed E-state index contributed by atoms with van der Waals surface area (Å²) >= 11 is 6.64. The van der Waals surface area contributed by atoms with Gasteiger partial charge in [0.1, 0.15) is 17.0 Å². The van der Waals surface area contributed by atoms with Gasteiger partial charge in [-0.1, -0.05) is 11.6 Å². The van der Waals surface area contributed by atoms with E-state index in [2.05, 4.69) is 30.6 Å². The second-order valence-electron chi connectivity index (χ2n) is 7.21. The molecule has 4 rings (SSSR count). The van der Waals surface area contributed by atoms with Crippen molar-refractivity contribution in [2.45, 2.75) is 18.9 Å². The molecular formula is C22H15ClF4N6O2S. The molecule has 3 heterocycles. The molecule has 0 bridgehead atoms. The van der Waals surface area contributed by atoms with Gasteiger partial charge in [0.05, 0.1) is 33.3 Å². The zero-order valence-electron chi connectivity index (χ0n) is 17.9. The summed E-state index contributed by atoms with van der Waals surface area (Å²) in [6.07, 6.45) is -2.25. The molecule has 14 heteroatoms. The Hall–Kier alpha value is -3.68. The quantitative estimate of drug-likeness (QED) is 0.175. The lowest BCUT2D eigenvalue weighted by Crippen LogP contribution is -2.23. The number of alkyl halides is 3. The molecule has 4 aromatic rings. The zero-order chi connectivity index (χ0) is 25.9. The molecule has 0 aliphatic carbocycles. The van der Waals surface area contributed by atoms with Crippen LogP contribution < -0.4 is 10.6 Å². The number of rotatable bonds is 7. The number of thiazole rings is 1. The van der Waals surface area contributed by atoms with Crippen LogP contribution in [0.2, 0.25) is 5.02 Å². The van der Waals surface area contributed by atoms with E-state index in [1.165, 1.54) is 36.7 Å². The normalized spacial score (nSPS) is 12.3. The summed E-state index contributed by atoms with van der Waals surface area (Å²) in [7, 11) is 0. The van der Waals surface area contributed by atoms with Gasteiger partial charge in [-0.25, -0.2) is 19.9 Å². The van der Waals surface area contributed by atoms with E-state index in [4.69, 9.17) is 11.6 Å². The molecule has 3 aromatic heterocycles. The number of amides is 1. The molecule has 1 atom stereocenters. The van der Waals surface area contributed by atoms with Crippen LogP contribution in [-0.4, -0.2) is 30.9 Å². The molecule has 0 saturated heterocycles. The van der Waals surface area contributed by atoms with Crippen LogP contribution in [0.4, 0.5) is 23.2 Å². The first-order valence-corrected chi connectivity index (χ1v) is 11.3. The Morgan fingerprint density at radius 3 is 2.69 bits per heavy atom. The van der Waals surface area contributed by atoms with E-state index in [1.807, 2.05) is 0 Å². The van der Waals surface area contributed by atoms with Crippen LogP contribution in [-0.2, 0) is 12.7 Å². The SMILES string of the molecule is O=C(NCc1ncc(C(O)Nc2ccc(Cl)c(C(F)(F)F)c2)s1)c1cc(-c2cccnc2F)ncn1. The fourth-order valence-electron chi connectivity index (χ4n) is 3.05. The van der Waals surface area contributed by atoms with Crippen molar-refractivity contribution >= 4 is 34.5 Å². The number of hydrogen-bond acceptors (Lipinski definition) is 8. The number of aliphatic hydroxyl groups is 1. The Kier molecular flexibility index (Phi) is 7.43. The first-order valence-electron chi connectivity index (χ1n) is 10.1. The molecule has 1 aromatic carbocycles.